The van der Waals surface area contributed by atoms with Gasteiger partial charge in [0.15, 0.2) is 0 Å². The first-order valence-electron chi connectivity index (χ1n) is 11.9. The highest BCUT2D eigenvalue weighted by molar-refractivity contribution is 6.31. The van der Waals surface area contributed by atoms with Gasteiger partial charge in [0.2, 0.25) is 0 Å². The van der Waals surface area contributed by atoms with E-state index >= 15 is 0 Å². The molecule has 186 valence electrons. The number of morpholine rings is 1. The lowest BCUT2D eigenvalue weighted by Gasteiger charge is -2.27. The Labute approximate surface area is 212 Å². The zero-order valence-corrected chi connectivity index (χ0v) is 20.7. The molecule has 1 aliphatic heterocycles. The number of aryl methyl sites for hydroxylation is 1. The molecule has 0 bridgehead atoms. The topological polar surface area (TPSA) is 105 Å². The number of hydrogen-bond acceptors (Lipinski definition) is 6. The summed E-state index contributed by atoms with van der Waals surface area (Å²) in [6.07, 6.45) is 1.67. The van der Waals surface area contributed by atoms with E-state index in [-0.39, 0.29) is 23.2 Å². The number of carbonyl (C=O) groups is 1. The van der Waals surface area contributed by atoms with Crippen LogP contribution in [0.1, 0.15) is 21.5 Å². The van der Waals surface area contributed by atoms with Crippen LogP contribution in [0.2, 0.25) is 5.02 Å². The number of pyridine rings is 2. The van der Waals surface area contributed by atoms with E-state index in [1.165, 1.54) is 10.5 Å². The summed E-state index contributed by atoms with van der Waals surface area (Å²) in [6, 6.07) is 12.4. The van der Waals surface area contributed by atoms with Crippen LogP contribution in [0, 0.1) is 12.3 Å². The van der Waals surface area contributed by atoms with Crippen LogP contribution in [0.3, 0.4) is 0 Å². The van der Waals surface area contributed by atoms with E-state index in [0.717, 1.165) is 24.2 Å². The highest BCUT2D eigenvalue weighted by atomic mass is 35.5. The molecule has 0 atom stereocenters. The lowest BCUT2D eigenvalue weighted by molar-refractivity contribution is 0.0363. The third-order valence-electron chi connectivity index (χ3n) is 6.52. The summed E-state index contributed by atoms with van der Waals surface area (Å²) in [5, 5.41) is 12.6. The van der Waals surface area contributed by atoms with E-state index in [2.05, 4.69) is 10.2 Å². The third-order valence-corrected chi connectivity index (χ3v) is 6.89. The molecule has 36 heavy (non-hydrogen) atoms. The summed E-state index contributed by atoms with van der Waals surface area (Å²) in [4.78, 5) is 33.7. The highest BCUT2D eigenvalue weighted by Gasteiger charge is 2.19. The number of hydrogen-bond donors (Lipinski definition) is 2. The summed E-state index contributed by atoms with van der Waals surface area (Å²) in [6.45, 7) is 6.07. The molecule has 4 aromatic rings. The monoisotopic (exact) mass is 506 g/mol. The lowest BCUT2D eigenvalue weighted by Crippen LogP contribution is -2.41. The predicted molar refractivity (Wildman–Crippen MR) is 137 cm³/mol. The number of nitrogens with one attached hydrogen (secondary N) is 2. The molecule has 10 heteroatoms. The quantitative estimate of drug-likeness (QED) is 0.391. The number of aromatic nitrogens is 3. The maximum atomic E-state index is 13.5. The Morgan fingerprint density at radius 1 is 1.14 bits per heavy atom. The molecule has 0 spiro atoms. The molecule has 1 amide bonds. The predicted octanol–water partition coefficient (Wildman–Crippen LogP) is 2.35. The lowest BCUT2D eigenvalue weighted by atomic mass is 10.1. The van der Waals surface area contributed by atoms with Gasteiger partial charge in [-0.15, -0.1) is 0 Å². The molecule has 0 saturated carbocycles. The Kier molecular flexibility index (Phi) is 6.86. The van der Waals surface area contributed by atoms with E-state index in [0.29, 0.717) is 48.0 Å². The number of carbonyl (C=O) groups excluding carboxylic acids is 1. The second-order valence-electron chi connectivity index (χ2n) is 8.83. The second kappa shape index (κ2) is 10.2. The Hall–Kier alpha value is -3.53. The van der Waals surface area contributed by atoms with Gasteiger partial charge in [0.1, 0.15) is 16.8 Å². The minimum atomic E-state index is -0.448. The van der Waals surface area contributed by atoms with Crippen molar-refractivity contribution in [3.05, 3.63) is 86.2 Å². The zero-order chi connectivity index (χ0) is 25.2. The number of rotatable bonds is 6. The van der Waals surface area contributed by atoms with Gasteiger partial charge >= 0.3 is 0 Å². The van der Waals surface area contributed by atoms with E-state index in [1.807, 2.05) is 31.2 Å². The molecule has 1 aromatic carbocycles. The average molecular weight is 507 g/mol. The molecule has 4 heterocycles. The molecule has 0 radical (unpaired) electrons. The molecular formula is C26H27ClN6O3. The second-order valence-corrected chi connectivity index (χ2v) is 9.23. The van der Waals surface area contributed by atoms with Crippen LogP contribution in [0.5, 0.6) is 0 Å². The van der Waals surface area contributed by atoms with Gasteiger partial charge < -0.3 is 14.6 Å². The Morgan fingerprint density at radius 2 is 1.92 bits per heavy atom. The van der Waals surface area contributed by atoms with Crippen molar-refractivity contribution < 1.29 is 9.53 Å². The van der Waals surface area contributed by atoms with Gasteiger partial charge in [-0.3, -0.25) is 24.3 Å². The van der Waals surface area contributed by atoms with Gasteiger partial charge in [0.05, 0.1) is 24.2 Å². The van der Waals surface area contributed by atoms with Crippen molar-refractivity contribution in [3.8, 4) is 0 Å². The summed E-state index contributed by atoms with van der Waals surface area (Å²) in [5.41, 5.74) is 2.40. The van der Waals surface area contributed by atoms with Gasteiger partial charge in [0.25, 0.3) is 11.5 Å². The van der Waals surface area contributed by atoms with Gasteiger partial charge in [-0.1, -0.05) is 35.9 Å². The van der Waals surface area contributed by atoms with Crippen molar-refractivity contribution in [3.63, 3.8) is 0 Å². The minimum Gasteiger partial charge on any atom is -0.379 e. The summed E-state index contributed by atoms with van der Waals surface area (Å²) in [7, 11) is 0. The Bertz CT molecular complexity index is 1570. The van der Waals surface area contributed by atoms with Crippen molar-refractivity contribution in [2.24, 2.45) is 0 Å². The largest absolute Gasteiger partial charge is 0.379 e. The molecule has 9 nitrogen and oxygen atoms in total. The van der Waals surface area contributed by atoms with Crippen molar-refractivity contribution >= 4 is 34.2 Å². The van der Waals surface area contributed by atoms with Crippen LogP contribution in [0.25, 0.3) is 16.7 Å². The maximum absolute atomic E-state index is 13.5. The molecule has 5 rings (SSSR count). The van der Waals surface area contributed by atoms with Crippen molar-refractivity contribution in [1.29, 1.82) is 5.41 Å². The average Bonchev–Trinajstić information content (AvgIpc) is 2.89. The number of nitrogens with zero attached hydrogens (tertiary/aromatic N) is 4. The third kappa shape index (κ3) is 4.65. The van der Waals surface area contributed by atoms with Gasteiger partial charge in [-0.25, -0.2) is 4.98 Å². The fourth-order valence-electron chi connectivity index (χ4n) is 4.47. The first kappa shape index (κ1) is 24.2. The molecule has 1 saturated heterocycles. The van der Waals surface area contributed by atoms with Crippen molar-refractivity contribution in [1.82, 2.24) is 24.2 Å². The highest BCUT2D eigenvalue weighted by Crippen LogP contribution is 2.16. The molecule has 3 aromatic heterocycles. The molecule has 1 aliphatic rings. The molecule has 1 fully saturated rings. The number of halogens is 1. The van der Waals surface area contributed by atoms with Crippen LogP contribution in [0.15, 0.2) is 53.5 Å². The molecule has 0 aliphatic carbocycles. The summed E-state index contributed by atoms with van der Waals surface area (Å²) in [5.74, 6) is -0.448. The Morgan fingerprint density at radius 3 is 2.69 bits per heavy atom. The van der Waals surface area contributed by atoms with Crippen LogP contribution in [0.4, 0.5) is 0 Å². The number of amides is 1. The minimum absolute atomic E-state index is 0.0113. The standard InChI is InChI=1S/C26H27ClN6O3/c1-17-5-4-8-33-23(17)30-24-20(26(33)35)15-19(25(34)29-16-18-6-2-3-7-21(18)27)22(28)32(24)10-9-31-11-13-36-14-12-31/h2-8,15,28H,9-14,16H2,1H3,(H,29,34). The molecule has 0 unspecified atom stereocenters. The fraction of sp³-hybridized carbons (Fsp3) is 0.308. The van der Waals surface area contributed by atoms with Gasteiger partial charge in [0, 0.05) is 43.9 Å². The van der Waals surface area contributed by atoms with Crippen LogP contribution in [-0.4, -0.2) is 57.6 Å². The van der Waals surface area contributed by atoms with Crippen molar-refractivity contribution in [2.45, 2.75) is 20.0 Å². The fourth-order valence-corrected chi connectivity index (χ4v) is 4.67. The number of ether oxygens (including phenoxy) is 1. The van der Waals surface area contributed by atoms with E-state index in [4.69, 9.17) is 26.7 Å². The van der Waals surface area contributed by atoms with Gasteiger partial charge in [-0.2, -0.15) is 0 Å². The summed E-state index contributed by atoms with van der Waals surface area (Å²) < 4.78 is 8.60. The van der Waals surface area contributed by atoms with Crippen LogP contribution >= 0.6 is 11.6 Å². The van der Waals surface area contributed by atoms with Crippen LogP contribution < -0.4 is 16.4 Å². The Balaban J connectivity index is 1.59. The SMILES string of the molecule is Cc1cccn2c(=O)c3cc(C(=O)NCc4ccccc4Cl)c(=N)n(CCN4CCOCC4)c3nc12. The molecule has 2 N–H and O–H groups in total. The smallest absolute Gasteiger partial charge is 0.267 e. The van der Waals surface area contributed by atoms with E-state index in [1.54, 1.807) is 22.9 Å². The first-order chi connectivity index (χ1) is 17.4. The van der Waals surface area contributed by atoms with E-state index < -0.39 is 5.91 Å². The zero-order valence-electron chi connectivity index (χ0n) is 20.0. The maximum Gasteiger partial charge on any atom is 0.267 e. The van der Waals surface area contributed by atoms with Crippen molar-refractivity contribution in [2.75, 3.05) is 32.8 Å². The summed E-state index contributed by atoms with van der Waals surface area (Å²) >= 11 is 6.23. The van der Waals surface area contributed by atoms with E-state index in [9.17, 15) is 9.59 Å². The van der Waals surface area contributed by atoms with Gasteiger partial charge in [-0.05, 0) is 36.2 Å². The normalized spacial score (nSPS) is 14.4. The number of fused-ring (bicyclic) bond motifs is 2. The molecular weight excluding hydrogens is 480 g/mol. The number of benzene rings is 1. The van der Waals surface area contributed by atoms with Crippen LogP contribution in [-0.2, 0) is 17.8 Å². The first-order valence-corrected chi connectivity index (χ1v) is 12.2.